The van der Waals surface area contributed by atoms with Crippen LogP contribution in [0.3, 0.4) is 0 Å². The summed E-state index contributed by atoms with van der Waals surface area (Å²) in [5.41, 5.74) is 0. The van der Waals surface area contributed by atoms with Gasteiger partial charge in [0, 0.05) is 12.8 Å². The molecule has 0 fully saturated rings. The third-order valence-electron chi connectivity index (χ3n) is 10.8. The van der Waals surface area contributed by atoms with Gasteiger partial charge >= 0.3 is 11.9 Å². The van der Waals surface area contributed by atoms with Crippen molar-refractivity contribution in [2.24, 2.45) is 5.92 Å². The summed E-state index contributed by atoms with van der Waals surface area (Å²) in [5.74, 6) is 0.217. The average Bonchev–Trinajstić information content (AvgIpc) is 3.16. The maximum atomic E-state index is 12.2. The third kappa shape index (κ3) is 37.3. The third-order valence-corrected chi connectivity index (χ3v) is 10.8. The molecule has 0 aliphatic rings. The van der Waals surface area contributed by atoms with Gasteiger partial charge in [-0.05, 0) is 44.4 Å². The fourth-order valence-corrected chi connectivity index (χ4v) is 6.79. The van der Waals surface area contributed by atoms with Crippen LogP contribution in [0.4, 0.5) is 0 Å². The van der Waals surface area contributed by atoms with Gasteiger partial charge in [-0.2, -0.15) is 0 Å². The highest BCUT2D eigenvalue weighted by Crippen LogP contribution is 2.17. The molecular formula is C46H88O7. The van der Waals surface area contributed by atoms with Crippen molar-refractivity contribution >= 4 is 11.9 Å². The Morgan fingerprint density at radius 1 is 0.547 bits per heavy atom. The second kappa shape index (κ2) is 40.2. The zero-order valence-corrected chi connectivity index (χ0v) is 35.2. The molecule has 0 bridgehead atoms. The summed E-state index contributed by atoms with van der Waals surface area (Å²) in [6.07, 6.45) is 38.7. The first kappa shape index (κ1) is 51.6. The standard InChI is InChI=1S/C46H88O7/c1-4-6-7-8-25-30-35-43(48)44(49)36-31-26-23-28-33-38-46(51)53-42(39-47)40-52-45(50)37-32-27-22-20-18-16-14-12-10-9-11-13-15-17-19-21-24-29-34-41(3)5-2/h25,30,41-44,47-49H,4-24,26-29,31-40H2,1-3H3/b30-25-/t41?,42-,43-,44-/m0/s1. The van der Waals surface area contributed by atoms with Crippen molar-refractivity contribution in [3.63, 3.8) is 0 Å². The zero-order valence-electron chi connectivity index (χ0n) is 35.2. The molecule has 53 heavy (non-hydrogen) atoms. The van der Waals surface area contributed by atoms with Crippen molar-refractivity contribution in [3.8, 4) is 0 Å². The summed E-state index contributed by atoms with van der Waals surface area (Å²) >= 11 is 0. The molecule has 0 amide bonds. The van der Waals surface area contributed by atoms with Gasteiger partial charge in [-0.15, -0.1) is 0 Å². The fraction of sp³-hybridized carbons (Fsp3) is 0.913. The minimum atomic E-state index is -0.825. The molecule has 0 heterocycles. The van der Waals surface area contributed by atoms with Gasteiger partial charge in [0.25, 0.3) is 0 Å². The van der Waals surface area contributed by atoms with Crippen molar-refractivity contribution in [1.82, 2.24) is 0 Å². The van der Waals surface area contributed by atoms with Crippen LogP contribution in [0.1, 0.15) is 233 Å². The first-order valence-corrected chi connectivity index (χ1v) is 22.8. The molecule has 0 aromatic heterocycles. The molecule has 0 saturated carbocycles. The molecule has 3 N–H and O–H groups in total. The summed E-state index contributed by atoms with van der Waals surface area (Å²) in [4.78, 5) is 24.4. The van der Waals surface area contributed by atoms with E-state index in [0.29, 0.717) is 25.7 Å². The number of hydrogen-bond donors (Lipinski definition) is 3. The van der Waals surface area contributed by atoms with Crippen LogP contribution < -0.4 is 0 Å². The lowest BCUT2D eigenvalue weighted by Gasteiger charge is -2.16. The highest BCUT2D eigenvalue weighted by molar-refractivity contribution is 5.70. The Morgan fingerprint density at radius 3 is 1.47 bits per heavy atom. The molecule has 0 saturated heterocycles. The van der Waals surface area contributed by atoms with Crippen LogP contribution in [0, 0.1) is 5.92 Å². The predicted octanol–water partition coefficient (Wildman–Crippen LogP) is 12.3. The lowest BCUT2D eigenvalue weighted by atomic mass is 9.99. The molecule has 4 atom stereocenters. The van der Waals surface area contributed by atoms with Crippen LogP contribution in [0.15, 0.2) is 12.2 Å². The van der Waals surface area contributed by atoms with Gasteiger partial charge in [0.05, 0.1) is 18.8 Å². The van der Waals surface area contributed by atoms with Crippen molar-refractivity contribution in [3.05, 3.63) is 12.2 Å². The van der Waals surface area contributed by atoms with Gasteiger partial charge in [0.15, 0.2) is 6.10 Å². The average molecular weight is 753 g/mol. The molecule has 1 unspecified atom stereocenters. The second-order valence-electron chi connectivity index (χ2n) is 16.0. The van der Waals surface area contributed by atoms with Gasteiger partial charge in [-0.25, -0.2) is 0 Å². The van der Waals surface area contributed by atoms with Gasteiger partial charge in [0.2, 0.25) is 0 Å². The number of aliphatic hydroxyl groups excluding tert-OH is 3. The molecule has 7 heteroatoms. The smallest absolute Gasteiger partial charge is 0.306 e. The molecule has 0 rings (SSSR count). The maximum absolute atomic E-state index is 12.2. The fourth-order valence-electron chi connectivity index (χ4n) is 6.79. The highest BCUT2D eigenvalue weighted by Gasteiger charge is 2.17. The number of hydrogen-bond acceptors (Lipinski definition) is 7. The second-order valence-corrected chi connectivity index (χ2v) is 16.0. The van der Waals surface area contributed by atoms with Crippen molar-refractivity contribution in [2.45, 2.75) is 251 Å². The van der Waals surface area contributed by atoms with E-state index in [4.69, 9.17) is 9.47 Å². The van der Waals surface area contributed by atoms with Crippen LogP contribution in [-0.2, 0) is 19.1 Å². The minimum absolute atomic E-state index is 0.108. The summed E-state index contributed by atoms with van der Waals surface area (Å²) < 4.78 is 10.6. The van der Waals surface area contributed by atoms with E-state index in [-0.39, 0.29) is 31.6 Å². The monoisotopic (exact) mass is 753 g/mol. The van der Waals surface area contributed by atoms with E-state index in [0.717, 1.165) is 57.3 Å². The normalized spacial score (nSPS) is 14.0. The molecule has 0 radical (unpaired) electrons. The Balaban J connectivity index is 3.58. The Labute approximate surface area is 327 Å². The van der Waals surface area contributed by atoms with E-state index in [1.807, 2.05) is 6.08 Å². The number of carbonyl (C=O) groups excluding carboxylic acids is 2. The number of allylic oxidation sites excluding steroid dienone is 1. The molecular weight excluding hydrogens is 664 g/mol. The maximum Gasteiger partial charge on any atom is 0.306 e. The summed E-state index contributed by atoms with van der Waals surface area (Å²) in [7, 11) is 0. The zero-order chi connectivity index (χ0) is 39.0. The lowest BCUT2D eigenvalue weighted by molar-refractivity contribution is -0.161. The number of unbranched alkanes of at least 4 members (excludes halogenated alkanes) is 24. The SMILES string of the molecule is CCCCC/C=C\C[C@H](O)[C@@H](O)CCCCCCCC(=O)O[C@@H](CO)COC(=O)CCCCCCCCCCCCCCCCCCCCC(C)CC. The molecule has 0 spiro atoms. The number of carbonyl (C=O) groups is 2. The quantitative estimate of drug-likeness (QED) is 0.0324. The van der Waals surface area contributed by atoms with E-state index in [1.165, 1.54) is 128 Å². The largest absolute Gasteiger partial charge is 0.462 e. The molecule has 0 aliphatic heterocycles. The van der Waals surface area contributed by atoms with Crippen molar-refractivity contribution in [1.29, 1.82) is 0 Å². The topological polar surface area (TPSA) is 113 Å². The van der Waals surface area contributed by atoms with E-state index in [1.54, 1.807) is 0 Å². The van der Waals surface area contributed by atoms with Crippen molar-refractivity contribution < 1.29 is 34.4 Å². The van der Waals surface area contributed by atoms with E-state index in [9.17, 15) is 24.9 Å². The predicted molar refractivity (Wildman–Crippen MR) is 222 cm³/mol. The number of aliphatic hydroxyl groups is 3. The van der Waals surface area contributed by atoms with Crippen molar-refractivity contribution in [2.75, 3.05) is 13.2 Å². The van der Waals surface area contributed by atoms with Crippen LogP contribution in [0.2, 0.25) is 0 Å². The van der Waals surface area contributed by atoms with E-state index in [2.05, 4.69) is 26.8 Å². The van der Waals surface area contributed by atoms with Crippen LogP contribution >= 0.6 is 0 Å². The van der Waals surface area contributed by atoms with Gasteiger partial charge < -0.3 is 24.8 Å². The van der Waals surface area contributed by atoms with Gasteiger partial charge in [-0.3, -0.25) is 9.59 Å². The molecule has 0 aromatic carbocycles. The highest BCUT2D eigenvalue weighted by atomic mass is 16.6. The summed E-state index contributed by atoms with van der Waals surface area (Å²) in [6, 6.07) is 0. The number of ether oxygens (including phenoxy) is 2. The Hall–Kier alpha value is -1.44. The van der Waals surface area contributed by atoms with Crippen LogP contribution in [0.25, 0.3) is 0 Å². The lowest BCUT2D eigenvalue weighted by Crippen LogP contribution is -2.28. The first-order chi connectivity index (χ1) is 25.8. The number of rotatable bonds is 41. The Morgan fingerprint density at radius 2 is 1.00 bits per heavy atom. The van der Waals surface area contributed by atoms with Gasteiger partial charge in [-0.1, -0.05) is 193 Å². The molecule has 7 nitrogen and oxygen atoms in total. The van der Waals surface area contributed by atoms with E-state index >= 15 is 0 Å². The van der Waals surface area contributed by atoms with Crippen LogP contribution in [-0.4, -0.2) is 58.8 Å². The Bertz CT molecular complexity index is 816. The molecule has 314 valence electrons. The molecule has 0 aromatic rings. The van der Waals surface area contributed by atoms with E-state index < -0.39 is 18.3 Å². The molecule has 0 aliphatic carbocycles. The summed E-state index contributed by atoms with van der Waals surface area (Å²) in [6.45, 7) is 6.37. The summed E-state index contributed by atoms with van der Waals surface area (Å²) in [5, 5.41) is 29.9. The van der Waals surface area contributed by atoms with Crippen LogP contribution in [0.5, 0.6) is 0 Å². The number of esters is 2. The Kier molecular flexibility index (Phi) is 39.1. The van der Waals surface area contributed by atoms with Gasteiger partial charge in [0.1, 0.15) is 6.61 Å². The minimum Gasteiger partial charge on any atom is -0.462 e. The first-order valence-electron chi connectivity index (χ1n) is 22.8.